The number of ether oxygens (including phenoxy) is 1. The Bertz CT molecular complexity index is 659. The second kappa shape index (κ2) is 5.96. The SMILES string of the molecule is CC(C)(C)OC(=O)NCC(C)(CN)c1ccc2nc[nH]c2c1. The Morgan fingerprint density at radius 1 is 1.36 bits per heavy atom. The molecule has 1 amide bonds. The van der Waals surface area contributed by atoms with Gasteiger partial charge in [0.05, 0.1) is 17.4 Å². The number of hydrogen-bond donors (Lipinski definition) is 3. The van der Waals surface area contributed by atoms with E-state index in [1.165, 1.54) is 0 Å². The number of rotatable bonds is 4. The molecule has 0 aliphatic carbocycles. The second-order valence-electron chi connectivity index (χ2n) is 6.75. The van der Waals surface area contributed by atoms with E-state index in [9.17, 15) is 4.79 Å². The Hall–Kier alpha value is -2.08. The van der Waals surface area contributed by atoms with E-state index in [0.29, 0.717) is 13.1 Å². The molecule has 0 saturated heterocycles. The van der Waals surface area contributed by atoms with E-state index in [0.717, 1.165) is 16.6 Å². The summed E-state index contributed by atoms with van der Waals surface area (Å²) in [6.45, 7) is 8.32. The molecule has 2 aromatic rings. The molecular formula is C16H24N4O2. The molecule has 1 heterocycles. The summed E-state index contributed by atoms with van der Waals surface area (Å²) >= 11 is 0. The van der Waals surface area contributed by atoms with Crippen LogP contribution in [-0.4, -0.2) is 34.8 Å². The smallest absolute Gasteiger partial charge is 0.407 e. The van der Waals surface area contributed by atoms with Gasteiger partial charge in [-0.05, 0) is 38.5 Å². The molecule has 0 radical (unpaired) electrons. The number of H-pyrrole nitrogens is 1. The number of aromatic nitrogens is 2. The van der Waals surface area contributed by atoms with Crippen molar-refractivity contribution in [2.45, 2.75) is 38.7 Å². The number of nitrogens with two attached hydrogens (primary N) is 1. The first-order chi connectivity index (χ1) is 10.2. The number of amides is 1. The van der Waals surface area contributed by atoms with Gasteiger partial charge in [-0.3, -0.25) is 0 Å². The van der Waals surface area contributed by atoms with Gasteiger partial charge in [-0.25, -0.2) is 9.78 Å². The number of nitrogens with one attached hydrogen (secondary N) is 2. The predicted molar refractivity (Wildman–Crippen MR) is 86.7 cm³/mol. The quantitative estimate of drug-likeness (QED) is 0.808. The van der Waals surface area contributed by atoms with Gasteiger partial charge < -0.3 is 20.8 Å². The molecule has 1 atom stereocenters. The van der Waals surface area contributed by atoms with Gasteiger partial charge in [0, 0.05) is 18.5 Å². The molecule has 0 spiro atoms. The van der Waals surface area contributed by atoms with Gasteiger partial charge in [0.15, 0.2) is 0 Å². The third-order valence-electron chi connectivity index (χ3n) is 3.59. The first-order valence-corrected chi connectivity index (χ1v) is 7.34. The Kier molecular flexibility index (Phi) is 4.42. The van der Waals surface area contributed by atoms with Gasteiger partial charge in [-0.2, -0.15) is 0 Å². The van der Waals surface area contributed by atoms with Crippen molar-refractivity contribution in [1.82, 2.24) is 15.3 Å². The third-order valence-corrected chi connectivity index (χ3v) is 3.59. The molecule has 4 N–H and O–H groups in total. The van der Waals surface area contributed by atoms with Crippen molar-refractivity contribution in [1.29, 1.82) is 0 Å². The van der Waals surface area contributed by atoms with Crippen molar-refractivity contribution in [3.8, 4) is 0 Å². The Morgan fingerprint density at radius 2 is 2.09 bits per heavy atom. The summed E-state index contributed by atoms with van der Waals surface area (Å²) in [7, 11) is 0. The molecule has 2 rings (SSSR count). The van der Waals surface area contributed by atoms with Crippen LogP contribution in [0.15, 0.2) is 24.5 Å². The average molecular weight is 304 g/mol. The predicted octanol–water partition coefficient (Wildman–Crippen LogP) is 2.30. The topological polar surface area (TPSA) is 93.0 Å². The highest BCUT2D eigenvalue weighted by Gasteiger charge is 2.27. The van der Waals surface area contributed by atoms with Crippen molar-refractivity contribution in [2.75, 3.05) is 13.1 Å². The molecule has 22 heavy (non-hydrogen) atoms. The van der Waals surface area contributed by atoms with Crippen LogP contribution >= 0.6 is 0 Å². The normalized spacial score (nSPS) is 14.6. The molecule has 0 aliphatic heterocycles. The van der Waals surface area contributed by atoms with Crippen LogP contribution in [-0.2, 0) is 10.2 Å². The molecule has 6 heteroatoms. The second-order valence-corrected chi connectivity index (χ2v) is 6.75. The number of carbonyl (C=O) groups excluding carboxylic acids is 1. The van der Waals surface area contributed by atoms with Gasteiger partial charge >= 0.3 is 6.09 Å². The maximum atomic E-state index is 11.8. The molecule has 1 unspecified atom stereocenters. The Morgan fingerprint density at radius 3 is 2.73 bits per heavy atom. The van der Waals surface area contributed by atoms with Crippen LogP contribution in [0.3, 0.4) is 0 Å². The first kappa shape index (κ1) is 16.3. The fourth-order valence-corrected chi connectivity index (χ4v) is 2.18. The molecule has 0 aliphatic rings. The van der Waals surface area contributed by atoms with Crippen molar-refractivity contribution in [3.63, 3.8) is 0 Å². The lowest BCUT2D eigenvalue weighted by Crippen LogP contribution is -2.45. The number of aromatic amines is 1. The van der Waals surface area contributed by atoms with Crippen molar-refractivity contribution in [3.05, 3.63) is 30.1 Å². The van der Waals surface area contributed by atoms with Crippen LogP contribution in [0.1, 0.15) is 33.3 Å². The van der Waals surface area contributed by atoms with Gasteiger partial charge in [0.2, 0.25) is 0 Å². The summed E-state index contributed by atoms with van der Waals surface area (Å²) in [4.78, 5) is 19.1. The number of nitrogens with zero attached hydrogens (tertiary/aromatic N) is 1. The molecule has 0 fully saturated rings. The van der Waals surface area contributed by atoms with Crippen LogP contribution in [0.25, 0.3) is 11.0 Å². The number of carbonyl (C=O) groups is 1. The minimum Gasteiger partial charge on any atom is -0.444 e. The maximum Gasteiger partial charge on any atom is 0.407 e. The average Bonchev–Trinajstić information content (AvgIpc) is 2.90. The van der Waals surface area contributed by atoms with Crippen LogP contribution in [0.2, 0.25) is 0 Å². The summed E-state index contributed by atoms with van der Waals surface area (Å²) in [6, 6.07) is 5.96. The monoisotopic (exact) mass is 304 g/mol. The fraction of sp³-hybridized carbons (Fsp3) is 0.500. The lowest BCUT2D eigenvalue weighted by atomic mass is 9.82. The zero-order valence-corrected chi connectivity index (χ0v) is 13.6. The molecule has 6 nitrogen and oxygen atoms in total. The molecule has 1 aromatic heterocycles. The minimum atomic E-state index is -0.516. The molecule has 0 bridgehead atoms. The standard InChI is InChI=1S/C16H24N4O2/c1-15(2,3)22-14(21)18-9-16(4,8-17)11-5-6-12-13(7-11)20-10-19-12/h5-7,10H,8-9,17H2,1-4H3,(H,18,21)(H,19,20). The van der Waals surface area contributed by atoms with Gasteiger partial charge in [0.1, 0.15) is 5.60 Å². The van der Waals surface area contributed by atoms with Crippen molar-refractivity contribution in [2.24, 2.45) is 5.73 Å². The van der Waals surface area contributed by atoms with Crippen molar-refractivity contribution < 1.29 is 9.53 Å². The lowest BCUT2D eigenvalue weighted by molar-refractivity contribution is 0.0516. The fourth-order valence-electron chi connectivity index (χ4n) is 2.18. The van der Waals surface area contributed by atoms with E-state index in [4.69, 9.17) is 10.5 Å². The van der Waals surface area contributed by atoms with Crippen LogP contribution in [0.5, 0.6) is 0 Å². The number of benzene rings is 1. The zero-order chi connectivity index (χ0) is 16.4. The highest BCUT2D eigenvalue weighted by atomic mass is 16.6. The van der Waals surface area contributed by atoms with Gasteiger partial charge in [-0.1, -0.05) is 13.0 Å². The maximum absolute atomic E-state index is 11.8. The summed E-state index contributed by atoms with van der Waals surface area (Å²) in [5.41, 5.74) is 7.96. The van der Waals surface area contributed by atoms with Crippen LogP contribution in [0, 0.1) is 0 Å². The molecular weight excluding hydrogens is 280 g/mol. The highest BCUT2D eigenvalue weighted by molar-refractivity contribution is 5.75. The molecule has 120 valence electrons. The van der Waals surface area contributed by atoms with Gasteiger partial charge in [-0.15, -0.1) is 0 Å². The van der Waals surface area contributed by atoms with Crippen molar-refractivity contribution >= 4 is 17.1 Å². The van der Waals surface area contributed by atoms with E-state index < -0.39 is 11.7 Å². The van der Waals surface area contributed by atoms with Crippen LogP contribution in [0.4, 0.5) is 4.79 Å². The van der Waals surface area contributed by atoms with Crippen LogP contribution < -0.4 is 11.1 Å². The summed E-state index contributed by atoms with van der Waals surface area (Å²) < 4.78 is 5.26. The summed E-state index contributed by atoms with van der Waals surface area (Å²) in [5, 5.41) is 2.80. The van der Waals surface area contributed by atoms with E-state index in [1.54, 1.807) is 6.33 Å². The van der Waals surface area contributed by atoms with E-state index >= 15 is 0 Å². The summed E-state index contributed by atoms with van der Waals surface area (Å²) in [6.07, 6.45) is 1.22. The number of alkyl carbamates (subject to hydrolysis) is 1. The number of imidazole rings is 1. The largest absolute Gasteiger partial charge is 0.444 e. The first-order valence-electron chi connectivity index (χ1n) is 7.34. The van der Waals surface area contributed by atoms with E-state index in [1.807, 2.05) is 45.9 Å². The van der Waals surface area contributed by atoms with Gasteiger partial charge in [0.25, 0.3) is 0 Å². The Balaban J connectivity index is 2.12. The third kappa shape index (κ3) is 3.76. The minimum absolute atomic E-state index is 0.379. The lowest BCUT2D eigenvalue weighted by Gasteiger charge is -2.29. The molecule has 0 saturated carbocycles. The van der Waals surface area contributed by atoms with E-state index in [-0.39, 0.29) is 5.41 Å². The number of fused-ring (bicyclic) bond motifs is 1. The number of hydrogen-bond acceptors (Lipinski definition) is 4. The zero-order valence-electron chi connectivity index (χ0n) is 13.6. The van der Waals surface area contributed by atoms with E-state index in [2.05, 4.69) is 15.3 Å². The summed E-state index contributed by atoms with van der Waals surface area (Å²) in [5.74, 6) is 0. The molecule has 1 aromatic carbocycles. The Labute approximate surface area is 130 Å². The highest BCUT2D eigenvalue weighted by Crippen LogP contribution is 2.25.